The van der Waals surface area contributed by atoms with Crippen molar-refractivity contribution in [3.8, 4) is 0 Å². The Balaban J connectivity index is 1.92. The first kappa shape index (κ1) is 17.7. The molecule has 0 amide bonds. The van der Waals surface area contributed by atoms with Crippen molar-refractivity contribution in [1.82, 2.24) is 0 Å². The van der Waals surface area contributed by atoms with E-state index < -0.39 is 12.1 Å². The number of benzene rings is 3. The third-order valence-electron chi connectivity index (χ3n) is 3.86. The fraction of sp³-hybridized carbons (Fsp3) is 0.0476. The molecule has 26 heavy (non-hydrogen) atoms. The predicted octanol–water partition coefficient (Wildman–Crippen LogP) is 4.70. The molecule has 0 bridgehead atoms. The molecule has 1 atom stereocenters. The van der Waals surface area contributed by atoms with Crippen molar-refractivity contribution >= 4 is 29.0 Å². The van der Waals surface area contributed by atoms with Crippen LogP contribution in [0.2, 0.25) is 5.02 Å². The van der Waals surface area contributed by atoms with Crippen LogP contribution in [0.5, 0.6) is 0 Å². The number of rotatable bonds is 5. The Morgan fingerprint density at radius 2 is 1.46 bits per heavy atom. The van der Waals surface area contributed by atoms with Gasteiger partial charge in [0, 0.05) is 11.1 Å². The molecule has 0 unspecified atom stereocenters. The van der Waals surface area contributed by atoms with Crippen LogP contribution in [0, 0.1) is 0 Å². The number of nitrogen functional groups attached to an aromatic ring is 1. The van der Waals surface area contributed by atoms with Crippen molar-refractivity contribution in [3.05, 3.63) is 101 Å². The van der Waals surface area contributed by atoms with Gasteiger partial charge in [-0.1, -0.05) is 72.3 Å². The minimum atomic E-state index is -1.05. The summed E-state index contributed by atoms with van der Waals surface area (Å²) in [6, 6.07) is 22.1. The summed E-state index contributed by atoms with van der Waals surface area (Å²) >= 11 is 5.89. The summed E-state index contributed by atoms with van der Waals surface area (Å²) in [4.78, 5) is 25.5. The van der Waals surface area contributed by atoms with Gasteiger partial charge in [-0.3, -0.25) is 4.79 Å². The lowest BCUT2D eigenvalue weighted by molar-refractivity contribution is 0.0280. The van der Waals surface area contributed by atoms with Crippen LogP contribution >= 0.6 is 11.6 Å². The highest BCUT2D eigenvalue weighted by Crippen LogP contribution is 2.26. The summed E-state index contributed by atoms with van der Waals surface area (Å²) in [5.41, 5.74) is 7.30. The fourth-order valence-electron chi connectivity index (χ4n) is 2.50. The molecule has 130 valence electrons. The summed E-state index contributed by atoms with van der Waals surface area (Å²) in [5.74, 6) is -0.946. The smallest absolute Gasteiger partial charge is 0.339 e. The molecule has 0 saturated carbocycles. The van der Waals surface area contributed by atoms with E-state index in [-0.39, 0.29) is 17.0 Å². The first-order chi connectivity index (χ1) is 12.6. The minimum Gasteiger partial charge on any atom is -0.445 e. The molecule has 2 N–H and O–H groups in total. The molecular formula is C21H16ClNO3. The van der Waals surface area contributed by atoms with Crippen molar-refractivity contribution in [2.45, 2.75) is 6.10 Å². The highest BCUT2D eigenvalue weighted by molar-refractivity contribution is 6.33. The molecular weight excluding hydrogens is 350 g/mol. The molecule has 0 aliphatic heterocycles. The van der Waals surface area contributed by atoms with E-state index in [1.54, 1.807) is 48.5 Å². The maximum atomic E-state index is 12.9. The number of hydrogen-bond donors (Lipinski definition) is 1. The Kier molecular flexibility index (Phi) is 5.34. The molecule has 0 fully saturated rings. The number of anilines is 1. The third-order valence-corrected chi connectivity index (χ3v) is 4.20. The second-order valence-corrected chi connectivity index (χ2v) is 6.07. The Morgan fingerprint density at radius 3 is 2.08 bits per heavy atom. The molecule has 3 aromatic rings. The van der Waals surface area contributed by atoms with Gasteiger partial charge < -0.3 is 10.5 Å². The Labute approximate surface area is 156 Å². The lowest BCUT2D eigenvalue weighted by Crippen LogP contribution is -2.20. The summed E-state index contributed by atoms with van der Waals surface area (Å²) in [5, 5.41) is 0.349. The Bertz CT molecular complexity index is 927. The number of halogens is 1. The Hall–Kier alpha value is -3.11. The van der Waals surface area contributed by atoms with Crippen LogP contribution < -0.4 is 5.73 Å². The number of carbonyl (C=O) groups excluding carboxylic acids is 2. The van der Waals surface area contributed by atoms with E-state index in [1.165, 1.54) is 18.2 Å². The summed E-state index contributed by atoms with van der Waals surface area (Å²) < 4.78 is 5.55. The molecule has 0 heterocycles. The minimum absolute atomic E-state index is 0.230. The molecule has 0 aromatic heterocycles. The van der Waals surface area contributed by atoms with Crippen LogP contribution in [0.4, 0.5) is 5.69 Å². The monoisotopic (exact) mass is 365 g/mol. The van der Waals surface area contributed by atoms with Gasteiger partial charge in [0.05, 0.1) is 16.3 Å². The average Bonchev–Trinajstić information content (AvgIpc) is 2.69. The molecule has 5 heteroatoms. The molecule has 4 nitrogen and oxygen atoms in total. The van der Waals surface area contributed by atoms with Crippen LogP contribution in [-0.2, 0) is 4.74 Å². The summed E-state index contributed by atoms with van der Waals surface area (Å²) in [7, 11) is 0. The third kappa shape index (κ3) is 3.92. The molecule has 3 rings (SSSR count). The topological polar surface area (TPSA) is 69.4 Å². The van der Waals surface area contributed by atoms with E-state index in [0.29, 0.717) is 16.1 Å². The van der Waals surface area contributed by atoms with Crippen LogP contribution in [0.1, 0.15) is 32.4 Å². The van der Waals surface area contributed by atoms with Crippen molar-refractivity contribution in [1.29, 1.82) is 0 Å². The SMILES string of the molecule is Nc1cc(C(=O)O[C@@H](C(=O)c2ccccc2)c2ccccc2)ccc1Cl. The molecule has 0 aliphatic carbocycles. The van der Waals surface area contributed by atoms with Crippen LogP contribution in [0.25, 0.3) is 0 Å². The van der Waals surface area contributed by atoms with Gasteiger partial charge in [0.25, 0.3) is 0 Å². The number of esters is 1. The van der Waals surface area contributed by atoms with Crippen molar-refractivity contribution < 1.29 is 14.3 Å². The van der Waals surface area contributed by atoms with Gasteiger partial charge in [-0.05, 0) is 18.2 Å². The second kappa shape index (κ2) is 7.85. The molecule has 3 aromatic carbocycles. The fourth-order valence-corrected chi connectivity index (χ4v) is 2.62. The first-order valence-corrected chi connectivity index (χ1v) is 8.34. The van der Waals surface area contributed by atoms with Gasteiger partial charge in [-0.25, -0.2) is 4.79 Å². The summed E-state index contributed by atoms with van der Waals surface area (Å²) in [6.07, 6.45) is -1.05. The molecule has 0 radical (unpaired) electrons. The maximum absolute atomic E-state index is 12.9. The normalized spacial score (nSPS) is 11.6. The van der Waals surface area contributed by atoms with Crippen LogP contribution in [-0.4, -0.2) is 11.8 Å². The van der Waals surface area contributed by atoms with E-state index in [1.807, 2.05) is 12.1 Å². The van der Waals surface area contributed by atoms with Gasteiger partial charge in [-0.2, -0.15) is 0 Å². The van der Waals surface area contributed by atoms with Crippen molar-refractivity contribution in [2.24, 2.45) is 0 Å². The zero-order valence-corrected chi connectivity index (χ0v) is 14.5. The highest BCUT2D eigenvalue weighted by Gasteiger charge is 2.26. The average molecular weight is 366 g/mol. The number of Topliss-reactive ketones (excluding diaryl/α,β-unsaturated/α-hetero) is 1. The van der Waals surface area contributed by atoms with Crippen LogP contribution in [0.3, 0.4) is 0 Å². The quantitative estimate of drug-likeness (QED) is 0.404. The summed E-state index contributed by atoms with van der Waals surface area (Å²) in [6.45, 7) is 0. The first-order valence-electron chi connectivity index (χ1n) is 7.96. The van der Waals surface area contributed by atoms with Gasteiger partial charge in [0.1, 0.15) is 0 Å². The number of nitrogens with two attached hydrogens (primary N) is 1. The van der Waals surface area contributed by atoms with Crippen LogP contribution in [0.15, 0.2) is 78.9 Å². The van der Waals surface area contributed by atoms with E-state index in [9.17, 15) is 9.59 Å². The highest BCUT2D eigenvalue weighted by atomic mass is 35.5. The van der Waals surface area contributed by atoms with Gasteiger partial charge >= 0.3 is 5.97 Å². The maximum Gasteiger partial charge on any atom is 0.339 e. The van der Waals surface area contributed by atoms with E-state index in [0.717, 1.165) is 0 Å². The number of hydrogen-bond acceptors (Lipinski definition) is 4. The van der Waals surface area contributed by atoms with Crippen molar-refractivity contribution in [2.75, 3.05) is 5.73 Å². The lowest BCUT2D eigenvalue weighted by Gasteiger charge is -2.17. The predicted molar refractivity (Wildman–Crippen MR) is 101 cm³/mol. The van der Waals surface area contributed by atoms with E-state index in [4.69, 9.17) is 22.1 Å². The van der Waals surface area contributed by atoms with Crippen molar-refractivity contribution in [3.63, 3.8) is 0 Å². The largest absolute Gasteiger partial charge is 0.445 e. The number of ether oxygens (including phenoxy) is 1. The Morgan fingerprint density at radius 1 is 0.846 bits per heavy atom. The van der Waals surface area contributed by atoms with Gasteiger partial charge in [0.2, 0.25) is 5.78 Å². The zero-order valence-electron chi connectivity index (χ0n) is 13.8. The lowest BCUT2D eigenvalue weighted by atomic mass is 10.00. The van der Waals surface area contributed by atoms with Gasteiger partial charge in [0.15, 0.2) is 6.10 Å². The number of carbonyl (C=O) groups is 2. The second-order valence-electron chi connectivity index (χ2n) is 5.66. The number of ketones is 1. The molecule has 0 aliphatic rings. The zero-order chi connectivity index (χ0) is 18.5. The van der Waals surface area contributed by atoms with E-state index >= 15 is 0 Å². The van der Waals surface area contributed by atoms with Gasteiger partial charge in [-0.15, -0.1) is 0 Å². The standard InChI is InChI=1S/C21H16ClNO3/c22-17-12-11-16(13-18(17)23)21(25)26-20(15-9-5-2-6-10-15)19(24)14-7-3-1-4-8-14/h1-13,20H,23H2/t20-/m1/s1. The molecule has 0 saturated heterocycles. The molecule has 0 spiro atoms. The van der Waals surface area contributed by atoms with E-state index in [2.05, 4.69) is 0 Å².